The molecular weight excluding hydrogens is 174 g/mol. The summed E-state index contributed by atoms with van der Waals surface area (Å²) in [4.78, 5) is 0. The van der Waals surface area contributed by atoms with Gasteiger partial charge in [-0.2, -0.15) is 5.10 Å². The molecule has 0 bridgehead atoms. The Hall–Kier alpha value is -0.830. The summed E-state index contributed by atoms with van der Waals surface area (Å²) in [7, 11) is 2.01. The average molecular weight is 193 g/mol. The molecule has 1 aliphatic rings. The molecule has 0 spiro atoms. The number of rotatable bonds is 3. The van der Waals surface area contributed by atoms with Crippen LogP contribution in [0.15, 0.2) is 6.07 Å². The first-order valence-corrected chi connectivity index (χ1v) is 5.34. The van der Waals surface area contributed by atoms with Gasteiger partial charge in [0.25, 0.3) is 0 Å². The molecule has 1 aliphatic carbocycles. The molecule has 1 N–H and O–H groups in total. The number of nitrogens with zero attached hydrogens (tertiary/aromatic N) is 2. The molecule has 3 unspecified atom stereocenters. The fourth-order valence-electron chi connectivity index (χ4n) is 2.00. The van der Waals surface area contributed by atoms with Crippen molar-refractivity contribution in [1.82, 2.24) is 15.1 Å². The first-order valence-electron chi connectivity index (χ1n) is 5.34. The van der Waals surface area contributed by atoms with Crippen LogP contribution < -0.4 is 5.32 Å². The lowest BCUT2D eigenvalue weighted by Gasteiger charge is -2.13. The third kappa shape index (κ3) is 1.82. The third-order valence-electron chi connectivity index (χ3n) is 3.06. The monoisotopic (exact) mass is 193 g/mol. The van der Waals surface area contributed by atoms with Crippen molar-refractivity contribution < 1.29 is 0 Å². The fourth-order valence-corrected chi connectivity index (χ4v) is 2.00. The number of aryl methyl sites for hydroxylation is 2. The zero-order valence-corrected chi connectivity index (χ0v) is 9.41. The Balaban J connectivity index is 2.03. The highest BCUT2D eigenvalue weighted by atomic mass is 15.3. The van der Waals surface area contributed by atoms with Crippen molar-refractivity contribution in [1.29, 1.82) is 0 Å². The molecule has 14 heavy (non-hydrogen) atoms. The number of nitrogens with one attached hydrogen (secondary N) is 1. The highest BCUT2D eigenvalue weighted by Gasteiger charge is 2.33. The van der Waals surface area contributed by atoms with Crippen molar-refractivity contribution in [3.05, 3.63) is 17.5 Å². The molecule has 78 valence electrons. The van der Waals surface area contributed by atoms with Crippen LogP contribution in [0.25, 0.3) is 0 Å². The van der Waals surface area contributed by atoms with E-state index in [4.69, 9.17) is 0 Å². The maximum Gasteiger partial charge on any atom is 0.0597 e. The average Bonchev–Trinajstić information content (AvgIpc) is 2.64. The molecule has 0 radical (unpaired) electrons. The highest BCUT2D eigenvalue weighted by Crippen LogP contribution is 2.31. The lowest BCUT2D eigenvalue weighted by atomic mass is 10.2. The van der Waals surface area contributed by atoms with Crippen LogP contribution in [-0.2, 0) is 7.05 Å². The third-order valence-corrected chi connectivity index (χ3v) is 3.06. The molecule has 1 heterocycles. The van der Waals surface area contributed by atoms with Crippen LogP contribution in [0, 0.1) is 12.8 Å². The zero-order valence-electron chi connectivity index (χ0n) is 9.41. The van der Waals surface area contributed by atoms with Crippen molar-refractivity contribution in [2.45, 2.75) is 39.3 Å². The predicted octanol–water partition coefficient (Wildman–Crippen LogP) is 1.79. The molecule has 1 saturated carbocycles. The minimum absolute atomic E-state index is 0.413. The molecule has 3 heteroatoms. The van der Waals surface area contributed by atoms with Crippen LogP contribution >= 0.6 is 0 Å². The fraction of sp³-hybridized carbons (Fsp3) is 0.727. The minimum Gasteiger partial charge on any atom is -0.306 e. The van der Waals surface area contributed by atoms with Gasteiger partial charge in [-0.3, -0.25) is 4.68 Å². The van der Waals surface area contributed by atoms with Crippen molar-refractivity contribution in [2.75, 3.05) is 0 Å². The molecule has 0 saturated heterocycles. The normalized spacial score (nSPS) is 27.7. The van der Waals surface area contributed by atoms with E-state index < -0.39 is 0 Å². The Morgan fingerprint density at radius 3 is 2.71 bits per heavy atom. The van der Waals surface area contributed by atoms with Gasteiger partial charge in [0.2, 0.25) is 0 Å². The van der Waals surface area contributed by atoms with Crippen LogP contribution in [0.1, 0.15) is 37.7 Å². The van der Waals surface area contributed by atoms with Gasteiger partial charge >= 0.3 is 0 Å². The second kappa shape index (κ2) is 3.39. The topological polar surface area (TPSA) is 29.9 Å². The van der Waals surface area contributed by atoms with Gasteiger partial charge in [-0.25, -0.2) is 0 Å². The van der Waals surface area contributed by atoms with Gasteiger partial charge in [0.15, 0.2) is 0 Å². The second-order valence-corrected chi connectivity index (χ2v) is 4.54. The van der Waals surface area contributed by atoms with E-state index >= 15 is 0 Å². The predicted molar refractivity (Wildman–Crippen MR) is 57.1 cm³/mol. The summed E-state index contributed by atoms with van der Waals surface area (Å²) in [5.74, 6) is 0.853. The molecule has 2 rings (SSSR count). The molecule has 1 aromatic rings. The maximum atomic E-state index is 4.36. The van der Waals surface area contributed by atoms with Crippen molar-refractivity contribution in [2.24, 2.45) is 13.0 Å². The quantitative estimate of drug-likeness (QED) is 0.793. The Morgan fingerprint density at radius 2 is 2.29 bits per heavy atom. The van der Waals surface area contributed by atoms with Crippen molar-refractivity contribution in [3.63, 3.8) is 0 Å². The SMILES string of the molecule is Cc1cc(C(C)NC2CC2C)n(C)n1. The smallest absolute Gasteiger partial charge is 0.0597 e. The summed E-state index contributed by atoms with van der Waals surface area (Å²) in [5, 5.41) is 7.97. The standard InChI is InChI=1S/C11H19N3/c1-7-5-10(7)12-9(3)11-6-8(2)13-14(11)4/h6-7,9-10,12H,5H2,1-4H3. The molecule has 0 aliphatic heterocycles. The van der Waals surface area contributed by atoms with E-state index in [0.29, 0.717) is 6.04 Å². The highest BCUT2D eigenvalue weighted by molar-refractivity contribution is 5.13. The summed E-state index contributed by atoms with van der Waals surface area (Å²) < 4.78 is 1.97. The van der Waals surface area contributed by atoms with E-state index in [-0.39, 0.29) is 0 Å². The molecule has 3 nitrogen and oxygen atoms in total. The Kier molecular flexibility index (Phi) is 2.35. The summed E-state index contributed by atoms with van der Waals surface area (Å²) in [5.41, 5.74) is 2.38. The molecule has 1 aromatic heterocycles. The summed E-state index contributed by atoms with van der Waals surface area (Å²) in [6, 6.07) is 3.29. The molecule has 1 fully saturated rings. The Bertz CT molecular complexity index is 329. The van der Waals surface area contributed by atoms with E-state index in [1.807, 2.05) is 18.7 Å². The van der Waals surface area contributed by atoms with Gasteiger partial charge in [-0.15, -0.1) is 0 Å². The minimum atomic E-state index is 0.413. The van der Waals surface area contributed by atoms with E-state index in [9.17, 15) is 0 Å². The van der Waals surface area contributed by atoms with Crippen LogP contribution in [0.3, 0.4) is 0 Å². The van der Waals surface area contributed by atoms with Gasteiger partial charge in [-0.1, -0.05) is 6.92 Å². The van der Waals surface area contributed by atoms with Crippen molar-refractivity contribution >= 4 is 0 Å². The van der Waals surface area contributed by atoms with E-state index in [2.05, 4.69) is 30.3 Å². The number of hydrogen-bond acceptors (Lipinski definition) is 2. The second-order valence-electron chi connectivity index (χ2n) is 4.54. The van der Waals surface area contributed by atoms with Gasteiger partial charge in [-0.05, 0) is 32.3 Å². The van der Waals surface area contributed by atoms with E-state index in [0.717, 1.165) is 17.7 Å². The molecule has 0 amide bonds. The largest absolute Gasteiger partial charge is 0.306 e. The summed E-state index contributed by atoms with van der Waals surface area (Å²) in [6.45, 7) is 6.54. The number of aromatic nitrogens is 2. The molecule has 0 aromatic carbocycles. The van der Waals surface area contributed by atoms with E-state index in [1.165, 1.54) is 12.1 Å². The first kappa shape index (κ1) is 9.71. The maximum absolute atomic E-state index is 4.36. The lowest BCUT2D eigenvalue weighted by molar-refractivity contribution is 0.514. The molecular formula is C11H19N3. The van der Waals surface area contributed by atoms with Gasteiger partial charge < -0.3 is 5.32 Å². The van der Waals surface area contributed by atoms with Crippen LogP contribution in [-0.4, -0.2) is 15.8 Å². The first-order chi connectivity index (χ1) is 6.58. The lowest BCUT2D eigenvalue weighted by Crippen LogP contribution is -2.23. The summed E-state index contributed by atoms with van der Waals surface area (Å²) >= 11 is 0. The van der Waals surface area contributed by atoms with Crippen molar-refractivity contribution in [3.8, 4) is 0 Å². The Morgan fingerprint density at radius 1 is 1.64 bits per heavy atom. The van der Waals surface area contributed by atoms with Crippen LogP contribution in [0.2, 0.25) is 0 Å². The Labute approximate surface area is 85.5 Å². The van der Waals surface area contributed by atoms with Gasteiger partial charge in [0.05, 0.1) is 11.4 Å². The van der Waals surface area contributed by atoms with Crippen LogP contribution in [0.5, 0.6) is 0 Å². The van der Waals surface area contributed by atoms with E-state index in [1.54, 1.807) is 0 Å². The van der Waals surface area contributed by atoms with Gasteiger partial charge in [0.1, 0.15) is 0 Å². The number of hydrogen-bond donors (Lipinski definition) is 1. The molecule has 3 atom stereocenters. The van der Waals surface area contributed by atoms with Crippen LogP contribution in [0.4, 0.5) is 0 Å². The zero-order chi connectivity index (χ0) is 10.3. The van der Waals surface area contributed by atoms with Gasteiger partial charge in [0, 0.05) is 19.1 Å². The summed E-state index contributed by atoms with van der Waals surface area (Å²) in [6.07, 6.45) is 1.32.